The summed E-state index contributed by atoms with van der Waals surface area (Å²) in [6.07, 6.45) is 3.54. The molecule has 1 aromatic heterocycles. The fourth-order valence-corrected chi connectivity index (χ4v) is 4.00. The Labute approximate surface area is 197 Å². The fourth-order valence-electron chi connectivity index (χ4n) is 4.00. The molecule has 1 atom stereocenters. The van der Waals surface area contributed by atoms with E-state index in [1.807, 2.05) is 44.2 Å². The van der Waals surface area contributed by atoms with Crippen molar-refractivity contribution in [3.63, 3.8) is 0 Å². The number of rotatable bonds is 7. The first kappa shape index (κ1) is 23.1. The van der Waals surface area contributed by atoms with Crippen LogP contribution in [0.5, 0.6) is 11.5 Å². The largest absolute Gasteiger partial charge is 0.493 e. The molecule has 0 spiro atoms. The van der Waals surface area contributed by atoms with Gasteiger partial charge in [0.2, 0.25) is 0 Å². The molecule has 176 valence electrons. The molecule has 8 heteroatoms. The number of fused-ring (bicyclic) bond motifs is 1. The van der Waals surface area contributed by atoms with Crippen molar-refractivity contribution in [2.45, 2.75) is 32.9 Å². The van der Waals surface area contributed by atoms with Gasteiger partial charge in [0, 0.05) is 18.2 Å². The zero-order valence-electron chi connectivity index (χ0n) is 19.5. The molecule has 8 nitrogen and oxygen atoms in total. The number of ether oxygens (including phenoxy) is 3. The number of carbonyl (C=O) groups excluding carboxylic acids is 2. The van der Waals surface area contributed by atoms with Gasteiger partial charge in [-0.05, 0) is 49.2 Å². The Morgan fingerprint density at radius 2 is 1.94 bits per heavy atom. The standard InChI is InChI=1S/C26H26N2O6/c1-16-20(17(2)34-27-16)15-33-23-11-9-18(13-24(23)31-3)10-12-25(29)28-21-8-6-5-7-19(21)14-22(28)26(30)32-4/h5-13,22H,14-15H2,1-4H3/b12-10+. The van der Waals surface area contributed by atoms with E-state index in [1.165, 1.54) is 18.1 Å². The van der Waals surface area contributed by atoms with Crippen LogP contribution in [0.25, 0.3) is 6.08 Å². The lowest BCUT2D eigenvalue weighted by Gasteiger charge is -2.22. The molecule has 2 heterocycles. The summed E-state index contributed by atoms with van der Waals surface area (Å²) in [7, 11) is 2.88. The van der Waals surface area contributed by atoms with Crippen LogP contribution in [0, 0.1) is 13.8 Å². The summed E-state index contributed by atoms with van der Waals surface area (Å²) < 4.78 is 21.5. The lowest BCUT2D eigenvalue weighted by molar-refractivity contribution is -0.143. The van der Waals surface area contributed by atoms with Gasteiger partial charge in [0.05, 0.1) is 25.5 Å². The van der Waals surface area contributed by atoms with E-state index >= 15 is 0 Å². The second kappa shape index (κ2) is 9.82. The lowest BCUT2D eigenvalue weighted by Crippen LogP contribution is -2.42. The summed E-state index contributed by atoms with van der Waals surface area (Å²) in [5.41, 5.74) is 4.07. The van der Waals surface area contributed by atoms with Gasteiger partial charge in [-0.2, -0.15) is 0 Å². The molecule has 0 saturated heterocycles. The van der Waals surface area contributed by atoms with Gasteiger partial charge < -0.3 is 18.7 Å². The smallest absolute Gasteiger partial charge is 0.329 e. The van der Waals surface area contributed by atoms with Gasteiger partial charge in [-0.3, -0.25) is 9.69 Å². The summed E-state index contributed by atoms with van der Waals surface area (Å²) in [6, 6.07) is 12.2. The minimum Gasteiger partial charge on any atom is -0.493 e. The maximum absolute atomic E-state index is 13.1. The number of amides is 1. The number of nitrogens with zero attached hydrogens (tertiary/aromatic N) is 2. The van der Waals surface area contributed by atoms with E-state index in [0.717, 1.165) is 22.4 Å². The highest BCUT2D eigenvalue weighted by Crippen LogP contribution is 2.33. The van der Waals surface area contributed by atoms with Gasteiger partial charge in [0.25, 0.3) is 5.91 Å². The van der Waals surface area contributed by atoms with Gasteiger partial charge in [-0.1, -0.05) is 29.4 Å². The molecule has 1 aliphatic rings. The van der Waals surface area contributed by atoms with E-state index in [2.05, 4.69) is 5.16 Å². The van der Waals surface area contributed by atoms with Crippen LogP contribution < -0.4 is 14.4 Å². The van der Waals surface area contributed by atoms with Crippen LogP contribution in [0.3, 0.4) is 0 Å². The maximum Gasteiger partial charge on any atom is 0.329 e. The molecule has 1 amide bonds. The van der Waals surface area contributed by atoms with Gasteiger partial charge in [0.1, 0.15) is 18.4 Å². The zero-order chi connectivity index (χ0) is 24.2. The van der Waals surface area contributed by atoms with Crippen molar-refractivity contribution in [1.29, 1.82) is 0 Å². The molecule has 2 aromatic carbocycles. The van der Waals surface area contributed by atoms with E-state index in [0.29, 0.717) is 36.0 Å². The fraction of sp³-hybridized carbons (Fsp3) is 0.269. The van der Waals surface area contributed by atoms with Crippen molar-refractivity contribution in [3.8, 4) is 11.5 Å². The Morgan fingerprint density at radius 3 is 2.65 bits per heavy atom. The molecule has 34 heavy (non-hydrogen) atoms. The molecule has 0 saturated carbocycles. The van der Waals surface area contributed by atoms with Crippen LogP contribution in [0.2, 0.25) is 0 Å². The van der Waals surface area contributed by atoms with E-state index in [9.17, 15) is 9.59 Å². The van der Waals surface area contributed by atoms with Crippen LogP contribution in [0.1, 0.15) is 28.1 Å². The van der Waals surface area contributed by atoms with Crippen molar-refractivity contribution < 1.29 is 28.3 Å². The van der Waals surface area contributed by atoms with Crippen molar-refractivity contribution in [2.24, 2.45) is 0 Å². The molecule has 0 bridgehead atoms. The van der Waals surface area contributed by atoms with Crippen molar-refractivity contribution in [3.05, 3.63) is 76.7 Å². The summed E-state index contributed by atoms with van der Waals surface area (Å²) in [5, 5.41) is 3.93. The zero-order valence-corrected chi connectivity index (χ0v) is 19.5. The topological polar surface area (TPSA) is 91.1 Å². The van der Waals surface area contributed by atoms with Crippen LogP contribution in [0.15, 0.2) is 53.1 Å². The number of aromatic nitrogens is 1. The number of esters is 1. The number of aryl methyl sites for hydroxylation is 2. The van der Waals surface area contributed by atoms with E-state index < -0.39 is 12.0 Å². The second-order valence-electron chi connectivity index (χ2n) is 7.92. The van der Waals surface area contributed by atoms with Crippen LogP contribution in [-0.2, 0) is 27.4 Å². The Hall–Kier alpha value is -4.07. The molecule has 0 radical (unpaired) electrons. The summed E-state index contributed by atoms with van der Waals surface area (Å²) in [5.74, 6) is 1.05. The van der Waals surface area contributed by atoms with Crippen molar-refractivity contribution in [2.75, 3.05) is 19.1 Å². The Kier molecular flexibility index (Phi) is 6.67. The van der Waals surface area contributed by atoms with Crippen LogP contribution in [-0.4, -0.2) is 37.3 Å². The Morgan fingerprint density at radius 1 is 1.15 bits per heavy atom. The second-order valence-corrected chi connectivity index (χ2v) is 7.92. The van der Waals surface area contributed by atoms with Crippen molar-refractivity contribution in [1.82, 2.24) is 5.16 Å². The summed E-state index contributed by atoms with van der Waals surface area (Å²) in [6.45, 7) is 4.00. The number of anilines is 1. The SMILES string of the molecule is COC(=O)C1Cc2ccccc2N1C(=O)/C=C/c1ccc(OCc2c(C)noc2C)c(OC)c1. The highest BCUT2D eigenvalue weighted by Gasteiger charge is 2.38. The molecule has 1 aliphatic heterocycles. The molecule has 0 aliphatic carbocycles. The summed E-state index contributed by atoms with van der Waals surface area (Å²) in [4.78, 5) is 26.9. The van der Waals surface area contributed by atoms with E-state index in [-0.39, 0.29) is 5.91 Å². The normalized spacial score (nSPS) is 14.8. The van der Waals surface area contributed by atoms with Crippen LogP contribution in [0.4, 0.5) is 5.69 Å². The predicted octanol–water partition coefficient (Wildman–Crippen LogP) is 4.02. The third-order valence-corrected chi connectivity index (χ3v) is 5.85. The van der Waals surface area contributed by atoms with E-state index in [1.54, 1.807) is 25.3 Å². The number of benzene rings is 2. The first-order valence-electron chi connectivity index (χ1n) is 10.8. The average Bonchev–Trinajstić information content (AvgIpc) is 3.40. The monoisotopic (exact) mass is 462 g/mol. The molecule has 0 fully saturated rings. The minimum atomic E-state index is -0.686. The molecule has 4 rings (SSSR count). The third-order valence-electron chi connectivity index (χ3n) is 5.85. The highest BCUT2D eigenvalue weighted by molar-refractivity contribution is 6.09. The van der Waals surface area contributed by atoms with Crippen LogP contribution >= 0.6 is 0 Å². The van der Waals surface area contributed by atoms with Crippen molar-refractivity contribution >= 4 is 23.6 Å². The molecule has 3 aromatic rings. The summed E-state index contributed by atoms with van der Waals surface area (Å²) >= 11 is 0. The Bertz CT molecular complexity index is 1230. The maximum atomic E-state index is 13.1. The minimum absolute atomic E-state index is 0.300. The van der Waals surface area contributed by atoms with Gasteiger partial charge >= 0.3 is 5.97 Å². The molecular weight excluding hydrogens is 436 g/mol. The average molecular weight is 463 g/mol. The number of hydrogen-bond acceptors (Lipinski definition) is 7. The first-order valence-corrected chi connectivity index (χ1v) is 10.8. The van der Waals surface area contributed by atoms with Gasteiger partial charge in [-0.25, -0.2) is 4.79 Å². The Balaban J connectivity index is 1.51. The molecule has 0 N–H and O–H groups in total. The molecular formula is C26H26N2O6. The molecule has 1 unspecified atom stereocenters. The quantitative estimate of drug-likeness (QED) is 0.387. The highest BCUT2D eigenvalue weighted by atomic mass is 16.5. The third kappa shape index (κ3) is 4.52. The number of methoxy groups -OCH3 is 2. The number of carbonyl (C=O) groups is 2. The van der Waals surface area contributed by atoms with E-state index in [4.69, 9.17) is 18.7 Å². The lowest BCUT2D eigenvalue weighted by atomic mass is 10.1. The number of para-hydroxylation sites is 1. The number of hydrogen-bond donors (Lipinski definition) is 0. The van der Waals surface area contributed by atoms with Gasteiger partial charge in [-0.15, -0.1) is 0 Å². The first-order chi connectivity index (χ1) is 16.4. The predicted molar refractivity (Wildman–Crippen MR) is 126 cm³/mol. The van der Waals surface area contributed by atoms with Gasteiger partial charge in [0.15, 0.2) is 11.5 Å².